The second kappa shape index (κ2) is 8.07. The standard InChI is InChI=1S/C5H12.H3NO2S/c1-4-5(2)3;1-4(2)3/h5H,4H2,1-3H3;1H2,(H,2,3)/p-1. The highest BCUT2D eigenvalue weighted by atomic mass is 32.2. The zero-order valence-electron chi connectivity index (χ0n) is 6.09. The van der Waals surface area contributed by atoms with Crippen molar-refractivity contribution in [1.82, 2.24) is 0 Å². The molecule has 3 nitrogen and oxygen atoms in total. The molecule has 0 rings (SSSR count). The summed E-state index contributed by atoms with van der Waals surface area (Å²) in [5.74, 6) is 0.884. The molecular formula is C5H14NO2S-. The smallest absolute Gasteiger partial charge is 0.0152 e. The monoisotopic (exact) mass is 152 g/mol. The van der Waals surface area contributed by atoms with Gasteiger partial charge in [0.05, 0.1) is 0 Å². The van der Waals surface area contributed by atoms with E-state index in [0.717, 1.165) is 5.92 Å². The fourth-order valence-electron chi connectivity index (χ4n) is 0. The number of nitrogens with two attached hydrogens (primary N) is 1. The van der Waals surface area contributed by atoms with E-state index in [1.165, 1.54) is 6.42 Å². The minimum atomic E-state index is -2.36. The first-order valence-corrected chi connectivity index (χ1v) is 3.98. The lowest BCUT2D eigenvalue weighted by atomic mass is 10.2. The zero-order chi connectivity index (χ0) is 7.86. The molecule has 0 aromatic carbocycles. The summed E-state index contributed by atoms with van der Waals surface area (Å²) in [5.41, 5.74) is 0. The van der Waals surface area contributed by atoms with E-state index in [2.05, 4.69) is 25.9 Å². The number of rotatable bonds is 1. The van der Waals surface area contributed by atoms with Crippen LogP contribution in [0.25, 0.3) is 0 Å². The zero-order valence-corrected chi connectivity index (χ0v) is 6.90. The molecule has 0 bridgehead atoms. The van der Waals surface area contributed by atoms with Crippen LogP contribution < -0.4 is 5.14 Å². The van der Waals surface area contributed by atoms with Crippen molar-refractivity contribution >= 4 is 11.3 Å². The van der Waals surface area contributed by atoms with Gasteiger partial charge in [0.1, 0.15) is 0 Å². The number of hydrogen-bond donors (Lipinski definition) is 1. The third kappa shape index (κ3) is 69.4. The summed E-state index contributed by atoms with van der Waals surface area (Å²) in [4.78, 5) is 0. The largest absolute Gasteiger partial charge is 0.760 e. The lowest BCUT2D eigenvalue weighted by Gasteiger charge is -1.90. The Morgan fingerprint density at radius 3 is 1.78 bits per heavy atom. The summed E-state index contributed by atoms with van der Waals surface area (Å²) < 4.78 is 17.6. The van der Waals surface area contributed by atoms with Crippen LogP contribution in [0.15, 0.2) is 0 Å². The Morgan fingerprint density at radius 2 is 1.78 bits per heavy atom. The van der Waals surface area contributed by atoms with Crippen molar-refractivity contribution in [3.05, 3.63) is 0 Å². The summed E-state index contributed by atoms with van der Waals surface area (Å²) in [6.07, 6.45) is 1.31. The van der Waals surface area contributed by atoms with Gasteiger partial charge in [-0.25, -0.2) is 0 Å². The predicted octanol–water partition coefficient (Wildman–Crippen LogP) is 0.792. The van der Waals surface area contributed by atoms with E-state index in [9.17, 15) is 0 Å². The van der Waals surface area contributed by atoms with Crippen LogP contribution in [0.1, 0.15) is 27.2 Å². The van der Waals surface area contributed by atoms with E-state index in [4.69, 9.17) is 8.76 Å². The maximum Gasteiger partial charge on any atom is 0.0152 e. The van der Waals surface area contributed by atoms with Gasteiger partial charge in [0, 0.05) is 11.3 Å². The SMILES string of the molecule is CCC(C)C.NS(=O)[O-]. The van der Waals surface area contributed by atoms with Gasteiger partial charge in [-0.2, -0.15) is 0 Å². The van der Waals surface area contributed by atoms with Gasteiger partial charge in [0.2, 0.25) is 0 Å². The topological polar surface area (TPSA) is 66.2 Å². The molecule has 58 valence electrons. The highest BCUT2D eigenvalue weighted by molar-refractivity contribution is 7.76. The first kappa shape index (κ1) is 11.8. The Labute approximate surface area is 59.1 Å². The van der Waals surface area contributed by atoms with Gasteiger partial charge >= 0.3 is 0 Å². The van der Waals surface area contributed by atoms with Gasteiger partial charge in [-0.3, -0.25) is 9.35 Å². The maximum absolute atomic E-state index is 8.78. The van der Waals surface area contributed by atoms with E-state index in [0.29, 0.717) is 0 Å². The second-order valence-corrected chi connectivity index (χ2v) is 2.58. The molecule has 0 amide bonds. The summed E-state index contributed by atoms with van der Waals surface area (Å²) in [6, 6.07) is 0. The summed E-state index contributed by atoms with van der Waals surface area (Å²) in [7, 11) is 0. The van der Waals surface area contributed by atoms with Crippen LogP contribution >= 0.6 is 0 Å². The van der Waals surface area contributed by atoms with Crippen LogP contribution in [0.4, 0.5) is 0 Å². The predicted molar refractivity (Wildman–Crippen MR) is 38.2 cm³/mol. The van der Waals surface area contributed by atoms with Gasteiger partial charge in [-0.1, -0.05) is 27.2 Å². The van der Waals surface area contributed by atoms with Gasteiger partial charge in [0.25, 0.3) is 0 Å². The lowest BCUT2D eigenvalue weighted by molar-refractivity contribution is 0.539. The molecule has 0 heterocycles. The molecule has 0 aromatic rings. The van der Waals surface area contributed by atoms with E-state index in [1.807, 2.05) is 0 Å². The Hall–Kier alpha value is 0.0700. The molecule has 0 aliphatic heterocycles. The van der Waals surface area contributed by atoms with Crippen molar-refractivity contribution in [2.45, 2.75) is 27.2 Å². The van der Waals surface area contributed by atoms with Gasteiger partial charge < -0.3 is 4.55 Å². The molecule has 0 radical (unpaired) electrons. The van der Waals surface area contributed by atoms with E-state index in [-0.39, 0.29) is 0 Å². The number of hydrogen-bond acceptors (Lipinski definition) is 2. The quantitative estimate of drug-likeness (QED) is 0.564. The highest BCUT2D eigenvalue weighted by Crippen LogP contribution is 1.93. The molecule has 2 N–H and O–H groups in total. The molecule has 0 aliphatic carbocycles. The molecule has 9 heavy (non-hydrogen) atoms. The Morgan fingerprint density at radius 1 is 1.67 bits per heavy atom. The molecule has 0 saturated carbocycles. The van der Waals surface area contributed by atoms with Crippen LogP contribution in [0.5, 0.6) is 0 Å². The molecule has 0 saturated heterocycles. The average Bonchev–Trinajstić information content (AvgIpc) is 1.65. The molecule has 0 fully saturated rings. The van der Waals surface area contributed by atoms with Crippen molar-refractivity contribution in [2.75, 3.05) is 0 Å². The average molecular weight is 152 g/mol. The third-order valence-electron chi connectivity index (χ3n) is 0.816. The van der Waals surface area contributed by atoms with E-state index < -0.39 is 11.3 Å². The van der Waals surface area contributed by atoms with Gasteiger partial charge in [-0.15, -0.1) is 0 Å². The minimum Gasteiger partial charge on any atom is -0.760 e. The molecule has 0 aromatic heterocycles. The molecule has 1 atom stereocenters. The molecule has 0 aliphatic rings. The van der Waals surface area contributed by atoms with Crippen molar-refractivity contribution in [3.8, 4) is 0 Å². The van der Waals surface area contributed by atoms with Crippen molar-refractivity contribution in [2.24, 2.45) is 11.1 Å². The van der Waals surface area contributed by atoms with Crippen molar-refractivity contribution in [1.29, 1.82) is 0 Å². The Bertz CT molecular complexity index is 71.4. The van der Waals surface area contributed by atoms with Crippen LogP contribution in [-0.4, -0.2) is 8.76 Å². The van der Waals surface area contributed by atoms with E-state index >= 15 is 0 Å². The van der Waals surface area contributed by atoms with Crippen molar-refractivity contribution in [3.63, 3.8) is 0 Å². The van der Waals surface area contributed by atoms with Gasteiger partial charge in [0.15, 0.2) is 0 Å². The minimum absolute atomic E-state index is 0.884. The van der Waals surface area contributed by atoms with Gasteiger partial charge in [-0.05, 0) is 5.92 Å². The molecule has 1 unspecified atom stereocenters. The summed E-state index contributed by atoms with van der Waals surface area (Å²) in [5, 5.41) is 4.03. The summed E-state index contributed by atoms with van der Waals surface area (Å²) in [6.45, 7) is 6.64. The van der Waals surface area contributed by atoms with Crippen LogP contribution in [0.2, 0.25) is 0 Å². The normalized spacial score (nSPS) is 12.2. The molecule has 0 spiro atoms. The first-order valence-electron chi connectivity index (χ1n) is 2.84. The van der Waals surface area contributed by atoms with Crippen molar-refractivity contribution < 1.29 is 8.76 Å². The fraction of sp³-hybridized carbons (Fsp3) is 1.00. The highest BCUT2D eigenvalue weighted by Gasteiger charge is 1.80. The summed E-state index contributed by atoms with van der Waals surface area (Å²) >= 11 is -2.36. The van der Waals surface area contributed by atoms with Crippen LogP contribution in [0, 0.1) is 5.92 Å². The first-order chi connectivity index (χ1) is 4.00. The van der Waals surface area contributed by atoms with Crippen LogP contribution in [-0.2, 0) is 11.3 Å². The fourth-order valence-corrected chi connectivity index (χ4v) is 0. The Balaban J connectivity index is 0. The van der Waals surface area contributed by atoms with E-state index in [1.54, 1.807) is 0 Å². The maximum atomic E-state index is 8.78. The molecular weight excluding hydrogens is 138 g/mol. The third-order valence-corrected chi connectivity index (χ3v) is 0.816. The van der Waals surface area contributed by atoms with Crippen LogP contribution in [0.3, 0.4) is 0 Å². The Kier molecular flexibility index (Phi) is 10.6. The second-order valence-electron chi connectivity index (χ2n) is 2.06. The lowest BCUT2D eigenvalue weighted by Crippen LogP contribution is -1.97. The molecule has 4 heteroatoms.